The van der Waals surface area contributed by atoms with Crippen molar-refractivity contribution in [3.8, 4) is 0 Å². The third-order valence-corrected chi connectivity index (χ3v) is 2.77. The van der Waals surface area contributed by atoms with Gasteiger partial charge in [-0.2, -0.15) is 0 Å². The Bertz CT molecular complexity index is 337. The minimum atomic E-state index is -0.0706. The molecule has 88 valence electrons. The first kappa shape index (κ1) is 13.3. The van der Waals surface area contributed by atoms with Gasteiger partial charge in [-0.3, -0.25) is 4.79 Å². The molecule has 0 fully saturated rings. The lowest BCUT2D eigenvalue weighted by Crippen LogP contribution is -2.32. The molecular weight excluding hydrogens is 245 g/mol. The molecule has 16 heavy (non-hydrogen) atoms. The fourth-order valence-electron chi connectivity index (χ4n) is 1.36. The van der Waals surface area contributed by atoms with Crippen LogP contribution in [0.1, 0.15) is 30.1 Å². The van der Waals surface area contributed by atoms with Crippen LogP contribution in [0.25, 0.3) is 0 Å². The minimum Gasteiger partial charge on any atom is -0.350 e. The van der Waals surface area contributed by atoms with Crippen molar-refractivity contribution < 1.29 is 4.79 Å². The fourth-order valence-corrected chi connectivity index (χ4v) is 1.64. The molecule has 0 aromatic heterocycles. The van der Waals surface area contributed by atoms with Gasteiger partial charge in [0.05, 0.1) is 0 Å². The van der Waals surface area contributed by atoms with Crippen LogP contribution in [-0.4, -0.2) is 17.8 Å². The van der Waals surface area contributed by atoms with Gasteiger partial charge in [0.15, 0.2) is 0 Å². The normalized spacial score (nSPS) is 12.2. The molecule has 2 nitrogen and oxygen atoms in total. The number of halogens is 2. The number of carbonyl (C=O) groups is 1. The number of rotatable bonds is 5. The Balaban J connectivity index is 2.48. The summed E-state index contributed by atoms with van der Waals surface area (Å²) in [4.78, 5) is 11.7. The van der Waals surface area contributed by atoms with Gasteiger partial charge in [-0.1, -0.05) is 11.6 Å². The Kier molecular flexibility index (Phi) is 5.64. The molecule has 0 spiro atoms. The highest BCUT2D eigenvalue weighted by Gasteiger charge is 2.08. The molecule has 1 atom stereocenters. The van der Waals surface area contributed by atoms with Crippen molar-refractivity contribution in [1.82, 2.24) is 5.32 Å². The largest absolute Gasteiger partial charge is 0.350 e. The predicted octanol–water partition coefficient (Wildman–Crippen LogP) is 3.48. The van der Waals surface area contributed by atoms with Gasteiger partial charge in [0.1, 0.15) is 0 Å². The van der Waals surface area contributed by atoms with Crippen molar-refractivity contribution in [3.05, 3.63) is 34.9 Å². The lowest BCUT2D eigenvalue weighted by molar-refractivity contribution is 0.0938. The second kappa shape index (κ2) is 6.77. The quantitative estimate of drug-likeness (QED) is 0.807. The SMILES string of the molecule is CC(CCCCl)NC(=O)c1ccc(Cl)cc1. The van der Waals surface area contributed by atoms with E-state index >= 15 is 0 Å². The van der Waals surface area contributed by atoms with E-state index in [1.54, 1.807) is 24.3 Å². The molecule has 0 aliphatic rings. The van der Waals surface area contributed by atoms with Crippen LogP contribution in [-0.2, 0) is 0 Å². The van der Waals surface area contributed by atoms with Crippen molar-refractivity contribution in [2.24, 2.45) is 0 Å². The van der Waals surface area contributed by atoms with Crippen LogP contribution >= 0.6 is 23.2 Å². The summed E-state index contributed by atoms with van der Waals surface area (Å²) >= 11 is 11.3. The molecule has 0 bridgehead atoms. The zero-order valence-electron chi connectivity index (χ0n) is 9.17. The van der Waals surface area contributed by atoms with E-state index in [0.29, 0.717) is 16.5 Å². The standard InChI is InChI=1S/C12H15Cl2NO/c1-9(3-2-8-13)15-12(16)10-4-6-11(14)7-5-10/h4-7,9H,2-3,8H2,1H3,(H,15,16). The summed E-state index contributed by atoms with van der Waals surface area (Å²) in [6.45, 7) is 1.97. The highest BCUT2D eigenvalue weighted by Crippen LogP contribution is 2.09. The molecule has 0 heterocycles. The molecular formula is C12H15Cl2NO. The Morgan fingerprint density at radius 3 is 2.56 bits per heavy atom. The fraction of sp³-hybridized carbons (Fsp3) is 0.417. The van der Waals surface area contributed by atoms with Gasteiger partial charge in [0.2, 0.25) is 0 Å². The predicted molar refractivity (Wildman–Crippen MR) is 68.3 cm³/mol. The summed E-state index contributed by atoms with van der Waals surface area (Å²) in [5, 5.41) is 3.54. The topological polar surface area (TPSA) is 29.1 Å². The molecule has 4 heteroatoms. The van der Waals surface area contributed by atoms with Crippen LogP contribution in [0.2, 0.25) is 5.02 Å². The summed E-state index contributed by atoms with van der Waals surface area (Å²) in [5.41, 5.74) is 0.627. The first-order valence-corrected chi connectivity index (χ1v) is 6.17. The zero-order valence-corrected chi connectivity index (χ0v) is 10.7. The van der Waals surface area contributed by atoms with Crippen molar-refractivity contribution in [1.29, 1.82) is 0 Å². The molecule has 0 aliphatic heterocycles. The number of amides is 1. The minimum absolute atomic E-state index is 0.0706. The molecule has 1 unspecified atom stereocenters. The number of nitrogens with one attached hydrogen (secondary N) is 1. The van der Waals surface area contributed by atoms with Crippen LogP contribution < -0.4 is 5.32 Å². The third kappa shape index (κ3) is 4.42. The van der Waals surface area contributed by atoms with E-state index in [1.165, 1.54) is 0 Å². The maximum absolute atomic E-state index is 11.7. The molecule has 1 amide bonds. The van der Waals surface area contributed by atoms with E-state index < -0.39 is 0 Å². The van der Waals surface area contributed by atoms with E-state index in [-0.39, 0.29) is 11.9 Å². The molecule has 0 aliphatic carbocycles. The number of alkyl halides is 1. The number of hydrogen-bond acceptors (Lipinski definition) is 1. The van der Waals surface area contributed by atoms with E-state index in [9.17, 15) is 4.79 Å². The number of benzene rings is 1. The summed E-state index contributed by atoms with van der Waals surface area (Å²) < 4.78 is 0. The van der Waals surface area contributed by atoms with Crippen LogP contribution in [0.3, 0.4) is 0 Å². The Morgan fingerprint density at radius 1 is 1.38 bits per heavy atom. The number of carbonyl (C=O) groups excluding carboxylic acids is 1. The van der Waals surface area contributed by atoms with E-state index in [2.05, 4.69) is 5.32 Å². The third-order valence-electron chi connectivity index (χ3n) is 2.25. The first-order valence-electron chi connectivity index (χ1n) is 5.26. The van der Waals surface area contributed by atoms with Gasteiger partial charge >= 0.3 is 0 Å². The van der Waals surface area contributed by atoms with Crippen molar-refractivity contribution >= 4 is 29.1 Å². The molecule has 1 aromatic rings. The highest BCUT2D eigenvalue weighted by molar-refractivity contribution is 6.30. The van der Waals surface area contributed by atoms with E-state index in [4.69, 9.17) is 23.2 Å². The van der Waals surface area contributed by atoms with E-state index in [1.807, 2.05) is 6.92 Å². The maximum atomic E-state index is 11.7. The van der Waals surface area contributed by atoms with Crippen molar-refractivity contribution in [2.75, 3.05) is 5.88 Å². The van der Waals surface area contributed by atoms with Gasteiger partial charge in [0, 0.05) is 22.5 Å². The molecule has 0 radical (unpaired) electrons. The van der Waals surface area contributed by atoms with Gasteiger partial charge in [-0.05, 0) is 44.0 Å². The van der Waals surface area contributed by atoms with Crippen LogP contribution in [0, 0.1) is 0 Å². The Labute approximate surface area is 106 Å². The first-order chi connectivity index (χ1) is 7.63. The summed E-state index contributed by atoms with van der Waals surface area (Å²) in [6, 6.07) is 6.99. The average Bonchev–Trinajstić information content (AvgIpc) is 2.27. The second-order valence-electron chi connectivity index (χ2n) is 3.71. The zero-order chi connectivity index (χ0) is 12.0. The van der Waals surface area contributed by atoms with Crippen molar-refractivity contribution in [3.63, 3.8) is 0 Å². The summed E-state index contributed by atoms with van der Waals surface area (Å²) in [5.74, 6) is 0.556. The van der Waals surface area contributed by atoms with E-state index in [0.717, 1.165) is 12.8 Å². The van der Waals surface area contributed by atoms with Gasteiger partial charge in [-0.25, -0.2) is 0 Å². The average molecular weight is 260 g/mol. The molecule has 1 aromatic carbocycles. The summed E-state index contributed by atoms with van der Waals surface area (Å²) in [6.07, 6.45) is 1.80. The van der Waals surface area contributed by atoms with Crippen LogP contribution in [0.4, 0.5) is 0 Å². The second-order valence-corrected chi connectivity index (χ2v) is 4.53. The van der Waals surface area contributed by atoms with Gasteiger partial charge in [0.25, 0.3) is 5.91 Å². The maximum Gasteiger partial charge on any atom is 0.251 e. The molecule has 1 N–H and O–H groups in total. The monoisotopic (exact) mass is 259 g/mol. The Morgan fingerprint density at radius 2 is 2.00 bits per heavy atom. The van der Waals surface area contributed by atoms with Gasteiger partial charge < -0.3 is 5.32 Å². The smallest absolute Gasteiger partial charge is 0.251 e. The van der Waals surface area contributed by atoms with Gasteiger partial charge in [-0.15, -0.1) is 11.6 Å². The van der Waals surface area contributed by atoms with Crippen molar-refractivity contribution in [2.45, 2.75) is 25.8 Å². The Hall–Kier alpha value is -0.730. The lowest BCUT2D eigenvalue weighted by Gasteiger charge is -2.13. The molecule has 1 rings (SSSR count). The van der Waals surface area contributed by atoms with Crippen LogP contribution in [0.15, 0.2) is 24.3 Å². The number of hydrogen-bond donors (Lipinski definition) is 1. The highest BCUT2D eigenvalue weighted by atomic mass is 35.5. The summed E-state index contributed by atoms with van der Waals surface area (Å²) in [7, 11) is 0. The molecule has 0 saturated heterocycles. The molecule has 0 saturated carbocycles. The van der Waals surface area contributed by atoms with Crippen LogP contribution in [0.5, 0.6) is 0 Å². The lowest BCUT2D eigenvalue weighted by atomic mass is 10.1.